The lowest BCUT2D eigenvalue weighted by atomic mass is 9.85. The Morgan fingerprint density at radius 3 is 2.59 bits per heavy atom. The number of benzene rings is 2. The van der Waals surface area contributed by atoms with Gasteiger partial charge in [0.1, 0.15) is 4.90 Å². The summed E-state index contributed by atoms with van der Waals surface area (Å²) in [4.78, 5) is 14.5. The predicted molar refractivity (Wildman–Crippen MR) is 163 cm³/mol. The molecule has 14 heteroatoms. The Morgan fingerprint density at radius 1 is 1.11 bits per heavy atom. The quantitative estimate of drug-likeness (QED) is 0.304. The minimum Gasteiger partial charge on any atom is -0.481 e. The van der Waals surface area contributed by atoms with Crippen LogP contribution in [0, 0.1) is 13.8 Å². The van der Waals surface area contributed by atoms with E-state index in [0.717, 1.165) is 34.9 Å². The van der Waals surface area contributed by atoms with E-state index in [4.69, 9.17) is 0 Å². The molecule has 2 aromatic carbocycles. The summed E-state index contributed by atoms with van der Waals surface area (Å²) in [6, 6.07) is 14.0. The van der Waals surface area contributed by atoms with Crippen molar-refractivity contribution in [3.8, 4) is 0 Å². The van der Waals surface area contributed by atoms with Gasteiger partial charge in [0.05, 0.1) is 12.1 Å². The summed E-state index contributed by atoms with van der Waals surface area (Å²) in [6.45, 7) is 4.67. The van der Waals surface area contributed by atoms with E-state index in [0.29, 0.717) is 28.9 Å². The zero-order valence-corrected chi connectivity index (χ0v) is 25.9. The standard InChI is InChI=1S/C30H30F3N5O4S.H2S/c1-18-9-10-20(24(15-27(39)40)23-11-13-38-28(19(23)2)34-35-29(38)30(31,32)33)14-21(18)16-36-17-22-6-5-12-37(22)25-7-3-4-8-26(25)43(36,41)42;/h3-4,7-11,13-14,22,24H,5-6,12,15-17H2,1-2H3,(H,39,40);1H2/t22-,24+;/m0./s1. The van der Waals surface area contributed by atoms with Crippen molar-refractivity contribution in [2.24, 2.45) is 0 Å². The number of hydrogen-bond acceptors (Lipinski definition) is 6. The second-order valence-electron chi connectivity index (χ2n) is 11.2. The molecule has 0 aliphatic carbocycles. The number of alkyl halides is 3. The number of carboxylic acids is 1. The van der Waals surface area contributed by atoms with E-state index in [2.05, 4.69) is 15.1 Å². The van der Waals surface area contributed by atoms with Crippen molar-refractivity contribution in [3.05, 3.63) is 88.4 Å². The highest BCUT2D eigenvalue weighted by atomic mass is 32.2. The lowest BCUT2D eigenvalue weighted by molar-refractivity contribution is -0.145. The third-order valence-electron chi connectivity index (χ3n) is 8.58. The second-order valence-corrected chi connectivity index (χ2v) is 13.1. The molecule has 0 spiro atoms. The number of pyridine rings is 1. The monoisotopic (exact) mass is 647 g/mol. The average Bonchev–Trinajstić information content (AvgIpc) is 3.59. The van der Waals surface area contributed by atoms with Crippen LogP contribution >= 0.6 is 13.5 Å². The molecule has 1 N–H and O–H groups in total. The van der Waals surface area contributed by atoms with Gasteiger partial charge in [-0.1, -0.05) is 30.3 Å². The van der Waals surface area contributed by atoms with Crippen molar-refractivity contribution >= 4 is 40.8 Å². The van der Waals surface area contributed by atoms with E-state index in [1.807, 2.05) is 31.2 Å². The van der Waals surface area contributed by atoms with Gasteiger partial charge in [0.15, 0.2) is 5.65 Å². The lowest BCUT2D eigenvalue weighted by Gasteiger charge is -2.27. The fourth-order valence-electron chi connectivity index (χ4n) is 6.40. The first-order chi connectivity index (χ1) is 20.4. The van der Waals surface area contributed by atoms with E-state index in [1.165, 1.54) is 16.6 Å². The van der Waals surface area contributed by atoms with Crippen LogP contribution in [-0.2, 0) is 27.5 Å². The van der Waals surface area contributed by atoms with Gasteiger partial charge in [0, 0.05) is 37.8 Å². The SMILES string of the molecule is Cc1ccc([C@@H](CC(=O)O)c2ccn3c(C(F)(F)F)nnc3c2C)cc1CN1C[C@@H]2CCCN2c2ccccc2S1(=O)=O.S. The number of fused-ring (bicyclic) bond motifs is 4. The fraction of sp³-hybridized carbons (Fsp3) is 0.367. The molecule has 2 atom stereocenters. The number of aromatic nitrogens is 3. The fourth-order valence-corrected chi connectivity index (χ4v) is 8.05. The number of aliphatic carboxylic acids is 1. The molecule has 0 saturated carbocycles. The highest BCUT2D eigenvalue weighted by Crippen LogP contribution is 2.39. The molecule has 44 heavy (non-hydrogen) atoms. The third kappa shape index (κ3) is 5.54. The lowest BCUT2D eigenvalue weighted by Crippen LogP contribution is -2.39. The normalized spacial score (nSPS) is 18.8. The van der Waals surface area contributed by atoms with Crippen molar-refractivity contribution in [1.29, 1.82) is 0 Å². The topological polar surface area (TPSA) is 108 Å². The van der Waals surface area contributed by atoms with Crippen molar-refractivity contribution in [3.63, 3.8) is 0 Å². The summed E-state index contributed by atoms with van der Waals surface area (Å²) >= 11 is 0. The van der Waals surface area contributed by atoms with Crippen LogP contribution in [0.2, 0.25) is 0 Å². The summed E-state index contributed by atoms with van der Waals surface area (Å²) in [5.41, 5.74) is 3.77. The Morgan fingerprint density at radius 2 is 1.86 bits per heavy atom. The summed E-state index contributed by atoms with van der Waals surface area (Å²) in [6.07, 6.45) is -1.98. The highest BCUT2D eigenvalue weighted by Gasteiger charge is 2.40. The van der Waals surface area contributed by atoms with Crippen LogP contribution in [0.5, 0.6) is 0 Å². The average molecular weight is 648 g/mol. The summed E-state index contributed by atoms with van der Waals surface area (Å²) in [5, 5.41) is 16.9. The van der Waals surface area contributed by atoms with Gasteiger partial charge in [-0.15, -0.1) is 10.2 Å². The smallest absolute Gasteiger partial charge is 0.452 e. The Bertz CT molecular complexity index is 1840. The highest BCUT2D eigenvalue weighted by molar-refractivity contribution is 7.89. The molecule has 0 bridgehead atoms. The molecule has 2 aromatic heterocycles. The first-order valence-corrected chi connectivity index (χ1v) is 15.4. The first-order valence-electron chi connectivity index (χ1n) is 13.9. The van der Waals surface area contributed by atoms with Crippen molar-refractivity contribution in [1.82, 2.24) is 18.9 Å². The van der Waals surface area contributed by atoms with Gasteiger partial charge in [0.25, 0.3) is 0 Å². The molecule has 234 valence electrons. The number of carbonyl (C=O) groups is 1. The maximum atomic E-state index is 13.9. The molecule has 1 fully saturated rings. The minimum atomic E-state index is -4.70. The Kier molecular flexibility index (Phi) is 8.46. The van der Waals surface area contributed by atoms with Crippen LogP contribution < -0.4 is 4.90 Å². The first kappa shape index (κ1) is 31.8. The zero-order chi connectivity index (χ0) is 30.7. The maximum absolute atomic E-state index is 13.9. The largest absolute Gasteiger partial charge is 0.481 e. The van der Waals surface area contributed by atoms with E-state index in [-0.39, 0.29) is 43.0 Å². The molecular formula is C30H32F3N5O4S2. The minimum absolute atomic E-state index is 0. The Hall–Kier alpha value is -3.62. The molecule has 4 aromatic rings. The van der Waals surface area contributed by atoms with Crippen molar-refractivity contribution < 1.29 is 31.5 Å². The Labute approximate surface area is 259 Å². The van der Waals surface area contributed by atoms with Crippen molar-refractivity contribution in [2.75, 3.05) is 18.0 Å². The van der Waals surface area contributed by atoms with Crippen LogP contribution in [0.15, 0.2) is 59.6 Å². The predicted octanol–water partition coefficient (Wildman–Crippen LogP) is 5.26. The van der Waals surface area contributed by atoms with Gasteiger partial charge in [0.2, 0.25) is 15.8 Å². The number of carboxylic acid groups (broad SMARTS) is 1. The number of halogens is 3. The second kappa shape index (κ2) is 11.7. The molecule has 2 aliphatic heterocycles. The van der Waals surface area contributed by atoms with E-state index in [1.54, 1.807) is 25.1 Å². The van der Waals surface area contributed by atoms with Crippen LogP contribution in [0.3, 0.4) is 0 Å². The molecule has 6 rings (SSSR count). The number of nitrogens with zero attached hydrogens (tertiary/aromatic N) is 5. The van der Waals surface area contributed by atoms with Gasteiger partial charge >= 0.3 is 12.1 Å². The van der Waals surface area contributed by atoms with Crippen LogP contribution in [-0.4, -0.2) is 57.5 Å². The summed E-state index contributed by atoms with van der Waals surface area (Å²) in [5.74, 6) is -2.97. The van der Waals surface area contributed by atoms with Crippen molar-refractivity contribution in [2.45, 2.75) is 62.7 Å². The number of hydrogen-bond donors (Lipinski definition) is 1. The molecular weight excluding hydrogens is 615 g/mol. The Balaban J connectivity index is 0.00000384. The third-order valence-corrected chi connectivity index (χ3v) is 10.4. The molecule has 4 heterocycles. The number of anilines is 1. The van der Waals surface area contributed by atoms with E-state index < -0.39 is 33.9 Å². The van der Waals surface area contributed by atoms with Gasteiger partial charge < -0.3 is 10.0 Å². The number of rotatable bonds is 6. The molecule has 0 amide bonds. The van der Waals surface area contributed by atoms with E-state index in [9.17, 15) is 31.5 Å². The number of aryl methyl sites for hydroxylation is 2. The van der Waals surface area contributed by atoms with Crippen LogP contribution in [0.4, 0.5) is 18.9 Å². The molecule has 2 aliphatic rings. The van der Waals surface area contributed by atoms with Crippen LogP contribution in [0.25, 0.3) is 5.65 Å². The summed E-state index contributed by atoms with van der Waals surface area (Å²) < 4.78 is 70.5. The molecule has 0 radical (unpaired) electrons. The van der Waals surface area contributed by atoms with Gasteiger partial charge in [-0.25, -0.2) is 8.42 Å². The van der Waals surface area contributed by atoms with Gasteiger partial charge in [-0.05, 0) is 72.7 Å². The van der Waals surface area contributed by atoms with Gasteiger partial charge in [-0.3, -0.25) is 9.20 Å². The van der Waals surface area contributed by atoms with E-state index >= 15 is 0 Å². The summed E-state index contributed by atoms with van der Waals surface area (Å²) in [7, 11) is -3.83. The maximum Gasteiger partial charge on any atom is 0.452 e. The van der Waals surface area contributed by atoms with Gasteiger partial charge in [-0.2, -0.15) is 31.0 Å². The number of para-hydroxylation sites is 1. The zero-order valence-electron chi connectivity index (χ0n) is 24.0. The van der Waals surface area contributed by atoms with Crippen LogP contribution in [0.1, 0.15) is 58.8 Å². The number of sulfonamides is 1. The molecule has 9 nitrogen and oxygen atoms in total. The molecule has 0 unspecified atom stereocenters. The molecule has 1 saturated heterocycles.